The highest BCUT2D eigenvalue weighted by molar-refractivity contribution is 5.99. The Labute approximate surface area is 279 Å². The molecule has 4 rings (SSSR count). The number of aliphatic hydroxyl groups excluding tert-OH is 1. The van der Waals surface area contributed by atoms with Crippen molar-refractivity contribution in [2.45, 2.75) is 101 Å². The summed E-state index contributed by atoms with van der Waals surface area (Å²) in [5.74, 6) is -2.66. The number of amides is 3. The third kappa shape index (κ3) is 8.33. The predicted molar refractivity (Wildman–Crippen MR) is 179 cm³/mol. The van der Waals surface area contributed by atoms with Gasteiger partial charge in [-0.1, -0.05) is 75.1 Å². The Morgan fingerprint density at radius 1 is 1.13 bits per heavy atom. The summed E-state index contributed by atoms with van der Waals surface area (Å²) in [5.41, 5.74) is -0.311. The second-order valence-electron chi connectivity index (χ2n) is 13.0. The summed E-state index contributed by atoms with van der Waals surface area (Å²) < 4.78 is 12.2. The summed E-state index contributed by atoms with van der Waals surface area (Å²) in [7, 11) is 0. The third-order valence-electron chi connectivity index (χ3n) is 9.82. The molecule has 0 radical (unpaired) electrons. The highest BCUT2D eigenvalue weighted by atomic mass is 16.5. The van der Waals surface area contributed by atoms with Gasteiger partial charge in [-0.2, -0.15) is 0 Å². The van der Waals surface area contributed by atoms with E-state index in [2.05, 4.69) is 25.4 Å². The smallest absolute Gasteiger partial charge is 0.306 e. The summed E-state index contributed by atoms with van der Waals surface area (Å²) in [6.45, 7) is 11.0. The molecular weight excluding hydrogens is 598 g/mol. The van der Waals surface area contributed by atoms with E-state index in [0.717, 1.165) is 37.7 Å². The molecule has 3 amide bonds. The maximum atomic E-state index is 14.4. The number of carbonyl (C=O) groups is 4. The van der Waals surface area contributed by atoms with Gasteiger partial charge in [0.2, 0.25) is 17.7 Å². The molecule has 2 N–H and O–H groups in total. The lowest BCUT2D eigenvalue weighted by atomic mass is 9.70. The van der Waals surface area contributed by atoms with Crippen molar-refractivity contribution < 1.29 is 33.8 Å². The largest absolute Gasteiger partial charge is 0.463 e. The summed E-state index contributed by atoms with van der Waals surface area (Å²) >= 11 is 0. The van der Waals surface area contributed by atoms with Crippen LogP contribution < -0.4 is 5.32 Å². The van der Waals surface area contributed by atoms with Crippen LogP contribution in [0.1, 0.15) is 89.2 Å². The van der Waals surface area contributed by atoms with Gasteiger partial charge in [-0.15, -0.1) is 13.2 Å². The van der Waals surface area contributed by atoms with Gasteiger partial charge in [0, 0.05) is 32.7 Å². The molecule has 3 fully saturated rings. The van der Waals surface area contributed by atoms with Crippen molar-refractivity contribution in [1.29, 1.82) is 0 Å². The first-order valence-corrected chi connectivity index (χ1v) is 17.4. The summed E-state index contributed by atoms with van der Waals surface area (Å²) in [6.07, 6.45) is 10.5. The number of rotatable bonds is 21. The quantitative estimate of drug-likeness (QED) is 0.114. The number of ether oxygens (including phenoxy) is 2. The molecule has 6 atom stereocenters. The number of allylic oxidation sites excluding steroid dienone is 1. The standard InChI is InChI=1S/C37H53N3O7/c1-4-7-14-23-39(22-6-3)36(45)33-37-21-20-29(47-37)31(32(37)35(44)40(33)24-15-9-10-16-25-41)34(43)38-28(27-17-12-11-13-18-27)26-46-30(42)19-8-5-2/h5-6,11-13,17-18,28-29,31-33,41H,2-4,7-10,14-16,19-26H2,1H3,(H,38,43)/t28-,29+,31-,32-,33+,37-/m0/s1. The molecule has 1 aromatic carbocycles. The van der Waals surface area contributed by atoms with Crippen LogP contribution in [0.25, 0.3) is 0 Å². The fraction of sp³-hybridized carbons (Fsp3) is 0.622. The van der Waals surface area contributed by atoms with Crippen LogP contribution in [0.15, 0.2) is 55.6 Å². The van der Waals surface area contributed by atoms with Crippen molar-refractivity contribution in [3.63, 3.8) is 0 Å². The molecule has 10 heteroatoms. The van der Waals surface area contributed by atoms with Crippen LogP contribution in [0.3, 0.4) is 0 Å². The number of esters is 1. The summed E-state index contributed by atoms with van der Waals surface area (Å²) in [5, 5.41) is 12.3. The zero-order valence-electron chi connectivity index (χ0n) is 27.9. The molecular formula is C37H53N3O7. The van der Waals surface area contributed by atoms with E-state index >= 15 is 0 Å². The van der Waals surface area contributed by atoms with Gasteiger partial charge in [0.25, 0.3) is 0 Å². The van der Waals surface area contributed by atoms with E-state index in [1.807, 2.05) is 30.3 Å². The Kier molecular flexibility index (Phi) is 13.6. The van der Waals surface area contributed by atoms with Crippen LogP contribution in [0.4, 0.5) is 0 Å². The minimum absolute atomic E-state index is 0.0525. The highest BCUT2D eigenvalue weighted by Crippen LogP contribution is 2.58. The Hall–Kier alpha value is -3.50. The molecule has 1 aromatic rings. The average Bonchev–Trinajstić information content (AvgIpc) is 3.72. The van der Waals surface area contributed by atoms with Gasteiger partial charge in [0.1, 0.15) is 18.2 Å². The van der Waals surface area contributed by atoms with Crippen molar-refractivity contribution in [3.8, 4) is 0 Å². The van der Waals surface area contributed by atoms with E-state index in [1.165, 1.54) is 0 Å². The van der Waals surface area contributed by atoms with Gasteiger partial charge in [-0.25, -0.2) is 0 Å². The number of nitrogens with zero attached hydrogens (tertiary/aromatic N) is 2. The van der Waals surface area contributed by atoms with Crippen molar-refractivity contribution in [2.24, 2.45) is 11.8 Å². The van der Waals surface area contributed by atoms with Gasteiger partial charge in [-0.05, 0) is 44.1 Å². The molecule has 0 saturated carbocycles. The molecule has 47 heavy (non-hydrogen) atoms. The molecule has 3 aliphatic rings. The van der Waals surface area contributed by atoms with Crippen molar-refractivity contribution in [3.05, 3.63) is 61.2 Å². The second-order valence-corrected chi connectivity index (χ2v) is 13.0. The Morgan fingerprint density at radius 3 is 2.60 bits per heavy atom. The molecule has 2 bridgehead atoms. The number of carbonyl (C=O) groups excluding carboxylic acids is 4. The molecule has 1 spiro atoms. The molecule has 0 aliphatic carbocycles. The van der Waals surface area contributed by atoms with Gasteiger partial charge in [0.15, 0.2) is 0 Å². The lowest BCUT2D eigenvalue weighted by molar-refractivity contribution is -0.148. The Balaban J connectivity index is 1.60. The normalized spacial score (nSPS) is 24.9. The minimum Gasteiger partial charge on any atom is -0.463 e. The number of nitrogens with one attached hydrogen (secondary N) is 1. The zero-order valence-corrected chi connectivity index (χ0v) is 27.9. The maximum absolute atomic E-state index is 14.4. The summed E-state index contributed by atoms with van der Waals surface area (Å²) in [6, 6.07) is 7.87. The molecule has 0 aromatic heterocycles. The van der Waals surface area contributed by atoms with Crippen molar-refractivity contribution in [2.75, 3.05) is 32.8 Å². The topological polar surface area (TPSA) is 125 Å². The fourth-order valence-electron chi connectivity index (χ4n) is 7.54. The molecule has 3 aliphatic heterocycles. The van der Waals surface area contributed by atoms with Gasteiger partial charge in [0.05, 0.1) is 24.0 Å². The molecule has 10 nitrogen and oxygen atoms in total. The van der Waals surface area contributed by atoms with Gasteiger partial charge < -0.3 is 29.7 Å². The number of hydrogen-bond donors (Lipinski definition) is 2. The van der Waals surface area contributed by atoms with Crippen LogP contribution >= 0.6 is 0 Å². The third-order valence-corrected chi connectivity index (χ3v) is 9.82. The number of fused-ring (bicyclic) bond motifs is 1. The number of benzene rings is 1. The number of unbranched alkanes of at least 4 members (excludes halogenated alkanes) is 5. The van der Waals surface area contributed by atoms with E-state index < -0.39 is 35.6 Å². The SMILES string of the molecule is C=CCCC(=O)OC[C@H](NC(=O)[C@@H]1[C@H]2C(=O)N(CCCCCCO)[C@H](C(=O)N(CC=C)CCCCC)[C@]23CC[C@H]1O3)c1ccccc1. The van der Waals surface area contributed by atoms with Crippen molar-refractivity contribution >= 4 is 23.7 Å². The van der Waals surface area contributed by atoms with E-state index in [4.69, 9.17) is 9.47 Å². The first kappa shape index (κ1) is 36.3. The van der Waals surface area contributed by atoms with E-state index in [0.29, 0.717) is 51.7 Å². The zero-order chi connectivity index (χ0) is 33.8. The van der Waals surface area contributed by atoms with E-state index in [-0.39, 0.29) is 43.3 Å². The number of likely N-dealkylation sites (tertiary alicyclic amines) is 1. The second kappa shape index (κ2) is 17.6. The molecule has 3 heterocycles. The van der Waals surface area contributed by atoms with Crippen LogP contribution in [0.5, 0.6) is 0 Å². The highest BCUT2D eigenvalue weighted by Gasteiger charge is 2.74. The lowest BCUT2D eigenvalue weighted by Crippen LogP contribution is -2.56. The number of aliphatic hydroxyl groups is 1. The first-order chi connectivity index (χ1) is 22.8. The van der Waals surface area contributed by atoms with E-state index in [1.54, 1.807) is 22.0 Å². The fourth-order valence-corrected chi connectivity index (χ4v) is 7.54. The van der Waals surface area contributed by atoms with Crippen LogP contribution in [0.2, 0.25) is 0 Å². The van der Waals surface area contributed by atoms with Crippen LogP contribution in [-0.2, 0) is 28.7 Å². The van der Waals surface area contributed by atoms with Gasteiger partial charge >= 0.3 is 5.97 Å². The first-order valence-electron chi connectivity index (χ1n) is 17.4. The maximum Gasteiger partial charge on any atom is 0.306 e. The van der Waals surface area contributed by atoms with E-state index in [9.17, 15) is 24.3 Å². The average molecular weight is 652 g/mol. The van der Waals surface area contributed by atoms with Crippen molar-refractivity contribution in [1.82, 2.24) is 15.1 Å². The molecule has 258 valence electrons. The minimum atomic E-state index is -1.09. The monoisotopic (exact) mass is 651 g/mol. The molecule has 0 unspecified atom stereocenters. The lowest BCUT2D eigenvalue weighted by Gasteiger charge is -2.37. The summed E-state index contributed by atoms with van der Waals surface area (Å²) in [4.78, 5) is 58.8. The molecule has 3 saturated heterocycles. The van der Waals surface area contributed by atoms with Crippen LogP contribution in [-0.4, -0.2) is 89.2 Å². The predicted octanol–water partition coefficient (Wildman–Crippen LogP) is 4.49. The van der Waals surface area contributed by atoms with Gasteiger partial charge in [-0.3, -0.25) is 19.2 Å². The Bertz CT molecular complexity index is 1240. The Morgan fingerprint density at radius 2 is 1.89 bits per heavy atom. The number of hydrogen-bond acceptors (Lipinski definition) is 7. The van der Waals surface area contributed by atoms with Crippen LogP contribution in [0, 0.1) is 11.8 Å².